The number of pyridine rings is 1. The maximum absolute atomic E-state index is 12.9. The third-order valence-electron chi connectivity index (χ3n) is 2.43. The Morgan fingerprint density at radius 2 is 2.00 bits per heavy atom. The molecule has 5 nitrogen and oxygen atoms in total. The van der Waals surface area contributed by atoms with Crippen LogP contribution in [0.2, 0.25) is 0 Å². The summed E-state index contributed by atoms with van der Waals surface area (Å²) in [5, 5.41) is 4.92. The fourth-order valence-electron chi connectivity index (χ4n) is 1.52. The topological polar surface area (TPSA) is 71.1 Å². The van der Waals surface area contributed by atoms with Crippen molar-refractivity contribution >= 4 is 17.6 Å². The lowest BCUT2D eigenvalue weighted by atomic mass is 10.2. The summed E-state index contributed by atoms with van der Waals surface area (Å²) in [6, 6.07) is 10.3. The van der Waals surface area contributed by atoms with Gasteiger partial charge in [-0.1, -0.05) is 12.1 Å². The summed E-state index contributed by atoms with van der Waals surface area (Å²) in [6.45, 7) is -0.216. The van der Waals surface area contributed by atoms with E-state index in [0.29, 0.717) is 5.82 Å². The predicted molar refractivity (Wildman–Crippen MR) is 71.6 cm³/mol. The highest BCUT2D eigenvalue weighted by molar-refractivity contribution is 5.98. The Bertz CT molecular complexity index is 617. The van der Waals surface area contributed by atoms with Crippen LogP contribution in [0.25, 0.3) is 0 Å². The molecule has 0 fully saturated rings. The second kappa shape index (κ2) is 6.42. The molecule has 102 valence electrons. The first-order valence-corrected chi connectivity index (χ1v) is 5.90. The SMILES string of the molecule is O=C(CNC(=O)c1cccc(F)c1)Nc1ccccn1. The summed E-state index contributed by atoms with van der Waals surface area (Å²) in [6.07, 6.45) is 1.54. The van der Waals surface area contributed by atoms with Crippen molar-refractivity contribution in [2.45, 2.75) is 0 Å². The first kappa shape index (κ1) is 13.7. The van der Waals surface area contributed by atoms with E-state index in [1.165, 1.54) is 18.2 Å². The number of halogens is 1. The maximum atomic E-state index is 12.9. The fraction of sp³-hybridized carbons (Fsp3) is 0.0714. The first-order valence-electron chi connectivity index (χ1n) is 5.90. The summed E-state index contributed by atoms with van der Waals surface area (Å²) < 4.78 is 12.9. The minimum atomic E-state index is -0.513. The molecule has 1 aromatic carbocycles. The predicted octanol–water partition coefficient (Wildman–Crippen LogP) is 1.59. The molecule has 0 aliphatic rings. The standard InChI is InChI=1S/C14H12FN3O2/c15-11-5-3-4-10(8-11)14(20)17-9-13(19)18-12-6-1-2-7-16-12/h1-8H,9H2,(H,17,20)(H,16,18,19). The average molecular weight is 273 g/mol. The van der Waals surface area contributed by atoms with E-state index in [9.17, 15) is 14.0 Å². The highest BCUT2D eigenvalue weighted by Crippen LogP contribution is 2.03. The van der Waals surface area contributed by atoms with Crippen molar-refractivity contribution in [3.8, 4) is 0 Å². The molecule has 0 radical (unpaired) electrons. The molecule has 1 heterocycles. The Morgan fingerprint density at radius 1 is 1.15 bits per heavy atom. The van der Waals surface area contributed by atoms with Gasteiger partial charge in [0.05, 0.1) is 6.54 Å². The molecular formula is C14H12FN3O2. The lowest BCUT2D eigenvalue weighted by Gasteiger charge is -2.06. The molecule has 6 heteroatoms. The lowest BCUT2D eigenvalue weighted by molar-refractivity contribution is -0.115. The number of anilines is 1. The molecule has 20 heavy (non-hydrogen) atoms. The number of benzene rings is 1. The second-order valence-corrected chi connectivity index (χ2v) is 3.96. The summed E-state index contributed by atoms with van der Waals surface area (Å²) in [7, 11) is 0. The van der Waals surface area contributed by atoms with Crippen LogP contribution in [-0.2, 0) is 4.79 Å². The summed E-state index contributed by atoms with van der Waals surface area (Å²) in [5.74, 6) is -1.03. The normalized spacial score (nSPS) is 9.85. The van der Waals surface area contributed by atoms with Crippen LogP contribution >= 0.6 is 0 Å². The van der Waals surface area contributed by atoms with E-state index in [2.05, 4.69) is 15.6 Å². The summed E-state index contributed by atoms with van der Waals surface area (Å²) in [5.41, 5.74) is 0.163. The molecule has 2 aromatic rings. The van der Waals surface area contributed by atoms with Crippen LogP contribution in [0.15, 0.2) is 48.7 Å². The molecule has 2 N–H and O–H groups in total. The van der Waals surface area contributed by atoms with Crippen molar-refractivity contribution in [1.82, 2.24) is 10.3 Å². The van der Waals surface area contributed by atoms with E-state index in [-0.39, 0.29) is 12.1 Å². The van der Waals surface area contributed by atoms with Gasteiger partial charge in [-0.2, -0.15) is 0 Å². The van der Waals surface area contributed by atoms with Crippen molar-refractivity contribution in [3.05, 3.63) is 60.0 Å². The van der Waals surface area contributed by atoms with Crippen LogP contribution in [0, 0.1) is 5.82 Å². The number of hydrogen-bond donors (Lipinski definition) is 2. The van der Waals surface area contributed by atoms with Gasteiger partial charge in [0.2, 0.25) is 5.91 Å². The van der Waals surface area contributed by atoms with E-state index >= 15 is 0 Å². The van der Waals surface area contributed by atoms with Crippen molar-refractivity contribution in [3.63, 3.8) is 0 Å². The summed E-state index contributed by atoms with van der Waals surface area (Å²) >= 11 is 0. The van der Waals surface area contributed by atoms with E-state index in [1.807, 2.05) is 0 Å². The molecule has 2 rings (SSSR count). The zero-order valence-electron chi connectivity index (χ0n) is 10.5. The number of nitrogens with zero attached hydrogens (tertiary/aromatic N) is 1. The molecule has 0 atom stereocenters. The Labute approximate surface area is 114 Å². The van der Waals surface area contributed by atoms with E-state index in [0.717, 1.165) is 6.07 Å². The zero-order valence-corrected chi connectivity index (χ0v) is 10.5. The maximum Gasteiger partial charge on any atom is 0.251 e. The quantitative estimate of drug-likeness (QED) is 0.888. The van der Waals surface area contributed by atoms with Gasteiger partial charge in [-0.25, -0.2) is 9.37 Å². The lowest BCUT2D eigenvalue weighted by Crippen LogP contribution is -2.33. The fourth-order valence-corrected chi connectivity index (χ4v) is 1.52. The minimum Gasteiger partial charge on any atom is -0.343 e. The van der Waals surface area contributed by atoms with Crippen LogP contribution in [0.1, 0.15) is 10.4 Å². The average Bonchev–Trinajstić information content (AvgIpc) is 2.46. The molecule has 0 saturated heterocycles. The van der Waals surface area contributed by atoms with Crippen LogP contribution in [-0.4, -0.2) is 23.3 Å². The van der Waals surface area contributed by atoms with Gasteiger partial charge in [-0.3, -0.25) is 9.59 Å². The third kappa shape index (κ3) is 3.88. The van der Waals surface area contributed by atoms with Crippen LogP contribution in [0.5, 0.6) is 0 Å². The molecule has 0 aliphatic heterocycles. The molecule has 2 amide bonds. The summed E-state index contributed by atoms with van der Waals surface area (Å²) in [4.78, 5) is 27.2. The van der Waals surface area contributed by atoms with Gasteiger partial charge in [-0.15, -0.1) is 0 Å². The number of aromatic nitrogens is 1. The zero-order chi connectivity index (χ0) is 14.4. The van der Waals surface area contributed by atoms with Crippen molar-refractivity contribution in [1.29, 1.82) is 0 Å². The van der Waals surface area contributed by atoms with Gasteiger partial charge in [0, 0.05) is 11.8 Å². The van der Waals surface area contributed by atoms with Crippen LogP contribution < -0.4 is 10.6 Å². The molecule has 0 saturated carbocycles. The van der Waals surface area contributed by atoms with Gasteiger partial charge in [0.25, 0.3) is 5.91 Å². The molecule has 0 bridgehead atoms. The number of nitrogens with one attached hydrogen (secondary N) is 2. The number of hydrogen-bond acceptors (Lipinski definition) is 3. The van der Waals surface area contributed by atoms with Crippen molar-refractivity contribution in [2.24, 2.45) is 0 Å². The van der Waals surface area contributed by atoms with Crippen molar-refractivity contribution < 1.29 is 14.0 Å². The minimum absolute atomic E-state index is 0.163. The molecule has 0 aliphatic carbocycles. The first-order chi connectivity index (χ1) is 9.65. The Kier molecular flexibility index (Phi) is 4.39. The van der Waals surface area contributed by atoms with Gasteiger partial charge in [0.1, 0.15) is 11.6 Å². The Balaban J connectivity index is 1.86. The third-order valence-corrected chi connectivity index (χ3v) is 2.43. The molecule has 0 unspecified atom stereocenters. The second-order valence-electron chi connectivity index (χ2n) is 3.96. The highest BCUT2D eigenvalue weighted by atomic mass is 19.1. The smallest absolute Gasteiger partial charge is 0.251 e. The molecule has 1 aromatic heterocycles. The van der Waals surface area contributed by atoms with E-state index < -0.39 is 17.6 Å². The molecule has 0 spiro atoms. The van der Waals surface area contributed by atoms with Crippen molar-refractivity contribution in [2.75, 3.05) is 11.9 Å². The largest absolute Gasteiger partial charge is 0.343 e. The van der Waals surface area contributed by atoms with Crippen LogP contribution in [0.3, 0.4) is 0 Å². The van der Waals surface area contributed by atoms with Gasteiger partial charge >= 0.3 is 0 Å². The number of carbonyl (C=O) groups excluding carboxylic acids is 2. The Hall–Kier alpha value is -2.76. The van der Waals surface area contributed by atoms with E-state index in [1.54, 1.807) is 24.4 Å². The van der Waals surface area contributed by atoms with Gasteiger partial charge in [0.15, 0.2) is 0 Å². The van der Waals surface area contributed by atoms with Gasteiger partial charge < -0.3 is 10.6 Å². The van der Waals surface area contributed by atoms with Gasteiger partial charge in [-0.05, 0) is 30.3 Å². The van der Waals surface area contributed by atoms with E-state index in [4.69, 9.17) is 0 Å². The highest BCUT2D eigenvalue weighted by Gasteiger charge is 2.09. The monoisotopic (exact) mass is 273 g/mol. The Morgan fingerprint density at radius 3 is 2.70 bits per heavy atom. The number of rotatable bonds is 4. The molecular weight excluding hydrogens is 261 g/mol. The van der Waals surface area contributed by atoms with Crippen LogP contribution in [0.4, 0.5) is 10.2 Å². The number of carbonyl (C=O) groups is 2. The number of amides is 2.